The van der Waals surface area contributed by atoms with Crippen LogP contribution in [0.3, 0.4) is 0 Å². The van der Waals surface area contributed by atoms with Crippen LogP contribution in [0.5, 0.6) is 11.5 Å². The summed E-state index contributed by atoms with van der Waals surface area (Å²) in [7, 11) is 1.56. The first-order chi connectivity index (χ1) is 9.22. The minimum absolute atomic E-state index is 0.163. The summed E-state index contributed by atoms with van der Waals surface area (Å²) in [6.07, 6.45) is 2.06. The third kappa shape index (κ3) is 4.79. The summed E-state index contributed by atoms with van der Waals surface area (Å²) < 4.78 is 10.8. The van der Waals surface area contributed by atoms with E-state index in [0.29, 0.717) is 36.8 Å². The molecule has 1 amide bonds. The lowest BCUT2D eigenvalue weighted by Crippen LogP contribution is -2.28. The minimum atomic E-state index is -0.163. The van der Waals surface area contributed by atoms with Gasteiger partial charge in [0.2, 0.25) is 0 Å². The molecule has 5 nitrogen and oxygen atoms in total. The van der Waals surface area contributed by atoms with E-state index >= 15 is 0 Å². The van der Waals surface area contributed by atoms with Crippen molar-refractivity contribution in [2.45, 2.75) is 19.8 Å². The molecule has 0 radical (unpaired) electrons. The number of carbonyl (C=O) groups is 1. The molecule has 0 spiro atoms. The standard InChI is InChI=1S/C14H22N2O3/c1-3-4-9-19-12-6-5-11(10-13(12)18-2)14(17)16-8-7-15/h5-6,10H,3-4,7-9,15H2,1-2H3,(H,16,17). The molecule has 0 aliphatic carbocycles. The SMILES string of the molecule is CCCCOc1ccc(C(=O)NCCN)cc1OC. The Bertz CT molecular complexity index is 408. The Balaban J connectivity index is 2.74. The van der Waals surface area contributed by atoms with Crippen molar-refractivity contribution < 1.29 is 14.3 Å². The number of hydrogen-bond donors (Lipinski definition) is 2. The Morgan fingerprint density at radius 3 is 2.79 bits per heavy atom. The third-order valence-corrected chi connectivity index (χ3v) is 2.61. The second-order valence-electron chi connectivity index (χ2n) is 4.11. The van der Waals surface area contributed by atoms with E-state index in [4.69, 9.17) is 15.2 Å². The second-order valence-corrected chi connectivity index (χ2v) is 4.11. The van der Waals surface area contributed by atoms with Gasteiger partial charge in [-0.2, -0.15) is 0 Å². The summed E-state index contributed by atoms with van der Waals surface area (Å²) in [6, 6.07) is 5.15. The normalized spacial score (nSPS) is 10.1. The van der Waals surface area contributed by atoms with Crippen LogP contribution in [-0.4, -0.2) is 32.7 Å². The van der Waals surface area contributed by atoms with Crippen LogP contribution < -0.4 is 20.5 Å². The van der Waals surface area contributed by atoms with Crippen LogP contribution in [0, 0.1) is 0 Å². The summed E-state index contributed by atoms with van der Waals surface area (Å²) in [4.78, 5) is 11.8. The Kier molecular flexibility index (Phi) is 6.74. The van der Waals surface area contributed by atoms with E-state index in [-0.39, 0.29) is 5.91 Å². The van der Waals surface area contributed by atoms with Crippen LogP contribution in [0.4, 0.5) is 0 Å². The Hall–Kier alpha value is -1.75. The lowest BCUT2D eigenvalue weighted by molar-refractivity contribution is 0.0954. The number of ether oxygens (including phenoxy) is 2. The predicted molar refractivity (Wildman–Crippen MR) is 74.8 cm³/mol. The summed E-state index contributed by atoms with van der Waals surface area (Å²) in [5, 5.41) is 2.71. The maximum Gasteiger partial charge on any atom is 0.251 e. The average Bonchev–Trinajstić information content (AvgIpc) is 2.45. The Morgan fingerprint density at radius 2 is 2.16 bits per heavy atom. The molecule has 19 heavy (non-hydrogen) atoms. The van der Waals surface area contributed by atoms with Crippen molar-refractivity contribution in [2.24, 2.45) is 5.73 Å². The fourth-order valence-corrected chi connectivity index (χ4v) is 1.54. The molecule has 1 rings (SSSR count). The van der Waals surface area contributed by atoms with Gasteiger partial charge < -0.3 is 20.5 Å². The van der Waals surface area contributed by atoms with Gasteiger partial charge in [0.1, 0.15) is 0 Å². The van der Waals surface area contributed by atoms with Gasteiger partial charge in [0, 0.05) is 18.7 Å². The van der Waals surface area contributed by atoms with Gasteiger partial charge in [-0.15, -0.1) is 0 Å². The lowest BCUT2D eigenvalue weighted by atomic mass is 10.2. The Labute approximate surface area is 114 Å². The fraction of sp³-hybridized carbons (Fsp3) is 0.500. The molecule has 0 heterocycles. The highest BCUT2D eigenvalue weighted by atomic mass is 16.5. The van der Waals surface area contributed by atoms with Gasteiger partial charge in [-0.3, -0.25) is 4.79 Å². The second kappa shape index (κ2) is 8.37. The number of carbonyl (C=O) groups excluding carboxylic acids is 1. The quantitative estimate of drug-likeness (QED) is 0.700. The molecule has 0 unspecified atom stereocenters. The summed E-state index contributed by atoms with van der Waals surface area (Å²) in [6.45, 7) is 3.62. The zero-order valence-corrected chi connectivity index (χ0v) is 11.6. The largest absolute Gasteiger partial charge is 0.493 e. The van der Waals surface area contributed by atoms with Gasteiger partial charge in [0.05, 0.1) is 13.7 Å². The van der Waals surface area contributed by atoms with Crippen molar-refractivity contribution in [3.05, 3.63) is 23.8 Å². The topological polar surface area (TPSA) is 73.6 Å². The highest BCUT2D eigenvalue weighted by Gasteiger charge is 2.10. The minimum Gasteiger partial charge on any atom is -0.493 e. The predicted octanol–water partition coefficient (Wildman–Crippen LogP) is 1.56. The van der Waals surface area contributed by atoms with Crippen LogP contribution in [0.25, 0.3) is 0 Å². The van der Waals surface area contributed by atoms with Crippen molar-refractivity contribution in [1.82, 2.24) is 5.32 Å². The van der Waals surface area contributed by atoms with Gasteiger partial charge >= 0.3 is 0 Å². The van der Waals surface area contributed by atoms with E-state index in [0.717, 1.165) is 12.8 Å². The zero-order chi connectivity index (χ0) is 14.1. The van der Waals surface area contributed by atoms with Crippen LogP contribution >= 0.6 is 0 Å². The molecule has 0 aliphatic rings. The van der Waals surface area contributed by atoms with E-state index < -0.39 is 0 Å². The van der Waals surface area contributed by atoms with Crippen molar-refractivity contribution >= 4 is 5.91 Å². The van der Waals surface area contributed by atoms with Crippen LogP contribution in [0.15, 0.2) is 18.2 Å². The molecule has 0 bridgehead atoms. The first-order valence-electron chi connectivity index (χ1n) is 6.52. The summed E-state index contributed by atoms with van der Waals surface area (Å²) >= 11 is 0. The number of hydrogen-bond acceptors (Lipinski definition) is 4. The smallest absolute Gasteiger partial charge is 0.251 e. The first-order valence-corrected chi connectivity index (χ1v) is 6.52. The van der Waals surface area contributed by atoms with Gasteiger partial charge in [0.15, 0.2) is 11.5 Å². The monoisotopic (exact) mass is 266 g/mol. The number of methoxy groups -OCH3 is 1. The third-order valence-electron chi connectivity index (χ3n) is 2.61. The van der Waals surface area contributed by atoms with Crippen molar-refractivity contribution in [2.75, 3.05) is 26.8 Å². The molecule has 106 valence electrons. The molecule has 5 heteroatoms. The van der Waals surface area contributed by atoms with E-state index in [2.05, 4.69) is 12.2 Å². The van der Waals surface area contributed by atoms with E-state index in [9.17, 15) is 4.79 Å². The van der Waals surface area contributed by atoms with Crippen LogP contribution in [0.2, 0.25) is 0 Å². The maximum absolute atomic E-state index is 11.8. The number of benzene rings is 1. The van der Waals surface area contributed by atoms with Crippen molar-refractivity contribution in [3.63, 3.8) is 0 Å². The maximum atomic E-state index is 11.8. The van der Waals surface area contributed by atoms with Crippen molar-refractivity contribution in [1.29, 1.82) is 0 Å². The zero-order valence-electron chi connectivity index (χ0n) is 11.6. The van der Waals surface area contributed by atoms with E-state index in [1.165, 1.54) is 0 Å². The molecule has 0 saturated carbocycles. The molecule has 0 aromatic heterocycles. The fourth-order valence-electron chi connectivity index (χ4n) is 1.54. The van der Waals surface area contributed by atoms with Gasteiger partial charge in [0.25, 0.3) is 5.91 Å². The molecular weight excluding hydrogens is 244 g/mol. The highest BCUT2D eigenvalue weighted by molar-refractivity contribution is 5.94. The molecule has 0 atom stereocenters. The lowest BCUT2D eigenvalue weighted by Gasteiger charge is -2.12. The number of amides is 1. The van der Waals surface area contributed by atoms with E-state index in [1.54, 1.807) is 25.3 Å². The Morgan fingerprint density at radius 1 is 1.37 bits per heavy atom. The molecule has 1 aromatic rings. The van der Waals surface area contributed by atoms with Gasteiger partial charge in [-0.05, 0) is 24.6 Å². The van der Waals surface area contributed by atoms with E-state index in [1.807, 2.05) is 0 Å². The average molecular weight is 266 g/mol. The van der Waals surface area contributed by atoms with Crippen molar-refractivity contribution in [3.8, 4) is 11.5 Å². The number of nitrogens with two attached hydrogens (primary N) is 1. The summed E-state index contributed by atoms with van der Waals surface area (Å²) in [5.74, 6) is 1.06. The molecule has 0 fully saturated rings. The van der Waals surface area contributed by atoms with Crippen LogP contribution in [0.1, 0.15) is 30.1 Å². The number of nitrogens with one attached hydrogen (secondary N) is 1. The van der Waals surface area contributed by atoms with Gasteiger partial charge in [-0.1, -0.05) is 13.3 Å². The number of rotatable bonds is 8. The number of unbranched alkanes of at least 4 members (excludes halogenated alkanes) is 1. The molecule has 3 N–H and O–H groups in total. The molecule has 0 saturated heterocycles. The highest BCUT2D eigenvalue weighted by Crippen LogP contribution is 2.28. The van der Waals surface area contributed by atoms with Crippen LogP contribution in [-0.2, 0) is 0 Å². The molecule has 0 aliphatic heterocycles. The first kappa shape index (κ1) is 15.3. The summed E-state index contributed by atoms with van der Waals surface area (Å²) in [5.41, 5.74) is 5.88. The van der Waals surface area contributed by atoms with Gasteiger partial charge in [-0.25, -0.2) is 0 Å². The molecular formula is C14H22N2O3. The molecule has 1 aromatic carbocycles.